The van der Waals surface area contributed by atoms with Crippen LogP contribution in [0.1, 0.15) is 32.8 Å². The fourth-order valence-electron chi connectivity index (χ4n) is 2.69. The zero-order chi connectivity index (χ0) is 20.5. The molecule has 0 aliphatic heterocycles. The monoisotopic (exact) mass is 384 g/mol. The number of hydrogen-bond acceptors (Lipinski definition) is 4. The van der Waals surface area contributed by atoms with Crippen LogP contribution < -0.4 is 19.7 Å². The Balaban J connectivity index is 1.87. The summed E-state index contributed by atoms with van der Waals surface area (Å²) in [6, 6.07) is 14.8. The summed E-state index contributed by atoms with van der Waals surface area (Å²) in [5, 5.41) is 2.88. The number of nitrogens with one attached hydrogen (secondary N) is 1. The third-order valence-electron chi connectivity index (χ3n) is 4.11. The molecule has 1 N–H and O–H groups in total. The number of amides is 2. The number of carbonyl (C=O) groups is 2. The number of ether oxygens (including phenoxy) is 2. The average molecular weight is 384 g/mol. The zero-order valence-electron chi connectivity index (χ0n) is 16.9. The van der Waals surface area contributed by atoms with Crippen molar-refractivity contribution in [1.29, 1.82) is 0 Å². The molecule has 0 radical (unpaired) electrons. The van der Waals surface area contributed by atoms with Crippen LogP contribution in [0.4, 0.5) is 5.69 Å². The van der Waals surface area contributed by atoms with Gasteiger partial charge in [0.15, 0.2) is 0 Å². The molecule has 0 aliphatic carbocycles. The van der Waals surface area contributed by atoms with Gasteiger partial charge in [-0.25, -0.2) is 0 Å². The fraction of sp³-hybridized carbons (Fsp3) is 0.364. The van der Waals surface area contributed by atoms with Gasteiger partial charge in [0.1, 0.15) is 11.5 Å². The van der Waals surface area contributed by atoms with Gasteiger partial charge in [-0.05, 0) is 55.8 Å². The molecule has 6 heteroatoms. The van der Waals surface area contributed by atoms with Crippen molar-refractivity contribution in [2.24, 2.45) is 0 Å². The van der Waals surface area contributed by atoms with Crippen molar-refractivity contribution < 1.29 is 19.1 Å². The molecule has 6 nitrogen and oxygen atoms in total. The molecule has 0 aliphatic rings. The average Bonchev–Trinajstić information content (AvgIpc) is 2.67. The van der Waals surface area contributed by atoms with E-state index in [2.05, 4.69) is 5.32 Å². The number of hydrogen-bond donors (Lipinski definition) is 1. The number of anilines is 1. The Bertz CT molecular complexity index is 770. The second kappa shape index (κ2) is 10.3. The first-order valence-electron chi connectivity index (χ1n) is 9.33. The summed E-state index contributed by atoms with van der Waals surface area (Å²) < 4.78 is 10.7. The molecule has 0 fully saturated rings. The van der Waals surface area contributed by atoms with E-state index in [0.717, 1.165) is 22.7 Å². The maximum Gasteiger partial charge on any atom is 0.223 e. The predicted octanol–water partition coefficient (Wildman–Crippen LogP) is 3.54. The zero-order valence-corrected chi connectivity index (χ0v) is 16.9. The van der Waals surface area contributed by atoms with Gasteiger partial charge in [0, 0.05) is 32.1 Å². The van der Waals surface area contributed by atoms with Crippen LogP contribution in [-0.2, 0) is 16.1 Å². The highest BCUT2D eigenvalue weighted by atomic mass is 16.5. The van der Waals surface area contributed by atoms with E-state index in [9.17, 15) is 9.59 Å². The third kappa shape index (κ3) is 6.61. The highest BCUT2D eigenvalue weighted by Gasteiger charge is 2.14. The van der Waals surface area contributed by atoms with Crippen LogP contribution in [0.15, 0.2) is 48.5 Å². The highest BCUT2D eigenvalue weighted by Crippen LogP contribution is 2.21. The summed E-state index contributed by atoms with van der Waals surface area (Å²) in [5.41, 5.74) is 1.73. The molecule has 28 heavy (non-hydrogen) atoms. The minimum atomic E-state index is -0.111. The van der Waals surface area contributed by atoms with Crippen molar-refractivity contribution in [3.63, 3.8) is 0 Å². The van der Waals surface area contributed by atoms with E-state index in [1.165, 1.54) is 6.92 Å². The standard InChI is InChI=1S/C22H28N2O4/c1-16(2)28-21-11-7-19(8-12-21)24(17(3)25)14-13-22(26)23-15-18-5-9-20(27-4)10-6-18/h5-12,16H,13-15H2,1-4H3,(H,23,26). The van der Waals surface area contributed by atoms with Crippen molar-refractivity contribution >= 4 is 17.5 Å². The molecule has 0 saturated carbocycles. The number of nitrogens with zero attached hydrogens (tertiary/aromatic N) is 1. The quantitative estimate of drug-likeness (QED) is 0.718. The van der Waals surface area contributed by atoms with E-state index in [1.54, 1.807) is 12.0 Å². The summed E-state index contributed by atoms with van der Waals surface area (Å²) in [6.45, 7) is 6.16. The molecule has 0 bridgehead atoms. The number of methoxy groups -OCH3 is 1. The van der Waals surface area contributed by atoms with E-state index < -0.39 is 0 Å². The minimum Gasteiger partial charge on any atom is -0.497 e. The lowest BCUT2D eigenvalue weighted by molar-refractivity contribution is -0.121. The van der Waals surface area contributed by atoms with E-state index in [0.29, 0.717) is 13.1 Å². The normalized spacial score (nSPS) is 10.5. The Morgan fingerprint density at radius 2 is 1.61 bits per heavy atom. The largest absolute Gasteiger partial charge is 0.497 e. The molecule has 0 aromatic heterocycles. The first-order chi connectivity index (χ1) is 13.4. The number of carbonyl (C=O) groups excluding carboxylic acids is 2. The lowest BCUT2D eigenvalue weighted by Crippen LogP contribution is -2.33. The molecule has 0 atom stereocenters. The van der Waals surface area contributed by atoms with E-state index >= 15 is 0 Å². The Labute approximate surface area is 166 Å². The predicted molar refractivity (Wildman–Crippen MR) is 110 cm³/mol. The molecule has 150 valence electrons. The van der Waals surface area contributed by atoms with Crippen LogP contribution in [0, 0.1) is 0 Å². The van der Waals surface area contributed by atoms with Crippen molar-refractivity contribution in [2.45, 2.75) is 39.8 Å². The molecule has 0 unspecified atom stereocenters. The van der Waals surface area contributed by atoms with Gasteiger partial charge in [0.2, 0.25) is 11.8 Å². The summed E-state index contributed by atoms with van der Waals surface area (Å²) in [7, 11) is 1.61. The Morgan fingerprint density at radius 1 is 1.00 bits per heavy atom. The van der Waals surface area contributed by atoms with Crippen LogP contribution >= 0.6 is 0 Å². The third-order valence-corrected chi connectivity index (χ3v) is 4.11. The number of rotatable bonds is 9. The van der Waals surface area contributed by atoms with E-state index in [1.807, 2.05) is 62.4 Å². The van der Waals surface area contributed by atoms with Crippen molar-refractivity contribution in [3.8, 4) is 11.5 Å². The van der Waals surface area contributed by atoms with Crippen molar-refractivity contribution in [2.75, 3.05) is 18.6 Å². The summed E-state index contributed by atoms with van der Waals surface area (Å²) >= 11 is 0. The van der Waals surface area contributed by atoms with Crippen molar-refractivity contribution in [1.82, 2.24) is 5.32 Å². The minimum absolute atomic E-state index is 0.0872. The lowest BCUT2D eigenvalue weighted by atomic mass is 10.2. The maximum atomic E-state index is 12.2. The first-order valence-corrected chi connectivity index (χ1v) is 9.33. The van der Waals surface area contributed by atoms with Crippen LogP contribution in [0.3, 0.4) is 0 Å². The molecule has 2 aromatic carbocycles. The molecule has 0 spiro atoms. The molecule has 0 saturated heterocycles. The molecule has 2 aromatic rings. The van der Waals surface area contributed by atoms with Crippen LogP contribution in [0.25, 0.3) is 0 Å². The molecular formula is C22H28N2O4. The van der Waals surface area contributed by atoms with Crippen LogP contribution in [-0.4, -0.2) is 31.6 Å². The Morgan fingerprint density at radius 3 is 2.14 bits per heavy atom. The molecule has 2 amide bonds. The van der Waals surface area contributed by atoms with Crippen LogP contribution in [0.2, 0.25) is 0 Å². The van der Waals surface area contributed by atoms with E-state index in [4.69, 9.17) is 9.47 Å². The second-order valence-electron chi connectivity index (χ2n) is 6.71. The first kappa shape index (κ1) is 21.3. The maximum absolute atomic E-state index is 12.2. The smallest absolute Gasteiger partial charge is 0.223 e. The molecule has 0 heterocycles. The summed E-state index contributed by atoms with van der Waals surface area (Å²) in [6.07, 6.45) is 0.309. The van der Waals surface area contributed by atoms with Gasteiger partial charge in [-0.1, -0.05) is 12.1 Å². The van der Waals surface area contributed by atoms with Gasteiger partial charge in [0.25, 0.3) is 0 Å². The lowest BCUT2D eigenvalue weighted by Gasteiger charge is -2.21. The van der Waals surface area contributed by atoms with E-state index in [-0.39, 0.29) is 24.3 Å². The van der Waals surface area contributed by atoms with Gasteiger partial charge < -0.3 is 19.7 Å². The van der Waals surface area contributed by atoms with Crippen molar-refractivity contribution in [3.05, 3.63) is 54.1 Å². The topological polar surface area (TPSA) is 67.9 Å². The summed E-state index contributed by atoms with van der Waals surface area (Å²) in [5.74, 6) is 1.30. The van der Waals surface area contributed by atoms with Gasteiger partial charge in [0.05, 0.1) is 13.2 Å². The van der Waals surface area contributed by atoms with Crippen LogP contribution in [0.5, 0.6) is 11.5 Å². The second-order valence-corrected chi connectivity index (χ2v) is 6.71. The fourth-order valence-corrected chi connectivity index (χ4v) is 2.69. The van der Waals surface area contributed by atoms with Gasteiger partial charge >= 0.3 is 0 Å². The van der Waals surface area contributed by atoms with Gasteiger partial charge in [-0.3, -0.25) is 9.59 Å². The Hall–Kier alpha value is -3.02. The Kier molecular flexibility index (Phi) is 7.87. The highest BCUT2D eigenvalue weighted by molar-refractivity contribution is 5.92. The molecule has 2 rings (SSSR count). The molecular weight excluding hydrogens is 356 g/mol. The van der Waals surface area contributed by atoms with Gasteiger partial charge in [-0.2, -0.15) is 0 Å². The number of benzene rings is 2. The summed E-state index contributed by atoms with van der Waals surface area (Å²) in [4.78, 5) is 25.8. The SMILES string of the molecule is COc1ccc(CNC(=O)CCN(C(C)=O)c2ccc(OC(C)C)cc2)cc1. The van der Waals surface area contributed by atoms with Gasteiger partial charge in [-0.15, -0.1) is 0 Å².